The van der Waals surface area contributed by atoms with Gasteiger partial charge in [0, 0.05) is 25.7 Å². The Morgan fingerprint density at radius 1 is 0.894 bits per heavy atom. The minimum atomic E-state index is -1.27. The summed E-state index contributed by atoms with van der Waals surface area (Å²) in [5, 5.41) is 10.7. The number of ketones is 1. The second-order valence-corrected chi connectivity index (χ2v) is 13.8. The SMILES string of the molecule is CC.CC(C)C.CC(C)N(C)C(=O)CNC(=O)NC(C(=O)N1CCCC1C(=O)NC(NC1CCC1)C(=O)C(N)=O)C(C)(C)C.CCC. The lowest BCUT2D eigenvalue weighted by atomic mass is 9.85. The third kappa shape index (κ3) is 17.5. The van der Waals surface area contributed by atoms with Crippen molar-refractivity contribution in [2.75, 3.05) is 20.1 Å². The number of primary amides is 1. The van der Waals surface area contributed by atoms with Crippen LogP contribution in [-0.4, -0.2) is 95.7 Å². The quantitative estimate of drug-likeness (QED) is 0.165. The van der Waals surface area contributed by atoms with E-state index in [4.69, 9.17) is 5.73 Å². The Morgan fingerprint density at radius 3 is 1.81 bits per heavy atom. The predicted molar refractivity (Wildman–Crippen MR) is 187 cm³/mol. The molecule has 0 aromatic heterocycles. The Kier molecular flexibility index (Phi) is 22.6. The summed E-state index contributed by atoms with van der Waals surface area (Å²) < 4.78 is 0. The summed E-state index contributed by atoms with van der Waals surface area (Å²) in [6, 6.07) is -2.60. The van der Waals surface area contributed by atoms with Gasteiger partial charge in [-0.05, 0) is 50.9 Å². The summed E-state index contributed by atoms with van der Waals surface area (Å²) in [4.78, 5) is 78.3. The highest BCUT2D eigenvalue weighted by Gasteiger charge is 2.43. The number of nitrogens with two attached hydrogens (primary N) is 1. The van der Waals surface area contributed by atoms with E-state index >= 15 is 0 Å². The lowest BCUT2D eigenvalue weighted by Gasteiger charge is -2.36. The second kappa shape index (κ2) is 23.2. The number of nitrogens with zero attached hydrogens (tertiary/aromatic N) is 2. The Balaban J connectivity index is 0. The number of hydrogen-bond donors (Lipinski definition) is 5. The molecule has 1 aliphatic heterocycles. The van der Waals surface area contributed by atoms with E-state index in [0.717, 1.165) is 25.2 Å². The van der Waals surface area contributed by atoms with Gasteiger partial charge in [0.05, 0.1) is 6.54 Å². The number of nitrogens with one attached hydrogen (secondary N) is 4. The first-order valence-corrected chi connectivity index (χ1v) is 17.3. The number of carbonyl (C=O) groups excluding carboxylic acids is 6. The van der Waals surface area contributed by atoms with Crippen molar-refractivity contribution in [3.05, 3.63) is 0 Å². The summed E-state index contributed by atoms with van der Waals surface area (Å²) in [5.74, 6) is -2.60. The van der Waals surface area contributed by atoms with Crippen LogP contribution >= 0.6 is 0 Å². The maximum atomic E-state index is 13.6. The zero-order valence-corrected chi connectivity index (χ0v) is 31.5. The van der Waals surface area contributed by atoms with Gasteiger partial charge in [0.15, 0.2) is 0 Å². The van der Waals surface area contributed by atoms with Gasteiger partial charge in [-0.3, -0.25) is 29.3 Å². The van der Waals surface area contributed by atoms with Crippen LogP contribution in [-0.2, 0) is 24.0 Å². The average Bonchev–Trinajstić information content (AvgIpc) is 3.45. The zero-order chi connectivity index (χ0) is 37.1. The Bertz CT molecular complexity index is 989. The number of rotatable bonds is 11. The van der Waals surface area contributed by atoms with Crippen molar-refractivity contribution < 1.29 is 28.8 Å². The number of Topliss-reactive ketones (excluding diaryl/α,β-unsaturated/α-hetero) is 1. The highest BCUT2D eigenvalue weighted by atomic mass is 16.2. The van der Waals surface area contributed by atoms with E-state index in [9.17, 15) is 28.8 Å². The fourth-order valence-electron chi connectivity index (χ4n) is 4.24. The molecule has 1 saturated heterocycles. The number of likely N-dealkylation sites (N-methyl/N-ethyl adjacent to an activating group) is 1. The number of amides is 6. The van der Waals surface area contributed by atoms with Gasteiger partial charge in [-0.1, -0.05) is 82.1 Å². The van der Waals surface area contributed by atoms with E-state index in [1.807, 2.05) is 27.7 Å². The molecular formula is C34H67N7O6. The fraction of sp³-hybridized carbons (Fsp3) is 0.824. The number of likely N-dealkylation sites (tertiary alicyclic amines) is 1. The molecule has 47 heavy (non-hydrogen) atoms. The van der Waals surface area contributed by atoms with E-state index in [2.05, 4.69) is 55.9 Å². The van der Waals surface area contributed by atoms with Crippen LogP contribution in [0.3, 0.4) is 0 Å². The van der Waals surface area contributed by atoms with Crippen LogP contribution in [0.5, 0.6) is 0 Å². The van der Waals surface area contributed by atoms with Crippen molar-refractivity contribution in [1.29, 1.82) is 0 Å². The molecule has 0 spiro atoms. The first-order valence-electron chi connectivity index (χ1n) is 17.3. The normalized spacial score (nSPS) is 16.8. The minimum Gasteiger partial charge on any atom is -0.363 e. The topological polar surface area (TPSA) is 183 Å². The van der Waals surface area contributed by atoms with Gasteiger partial charge in [0.1, 0.15) is 18.2 Å². The van der Waals surface area contributed by atoms with Crippen LogP contribution < -0.4 is 27.0 Å². The summed E-state index contributed by atoms with van der Waals surface area (Å²) >= 11 is 0. The van der Waals surface area contributed by atoms with Gasteiger partial charge in [-0.25, -0.2) is 4.79 Å². The molecule has 274 valence electrons. The van der Waals surface area contributed by atoms with Crippen LogP contribution in [0.4, 0.5) is 4.79 Å². The molecular weight excluding hydrogens is 602 g/mol. The maximum Gasteiger partial charge on any atom is 0.315 e. The predicted octanol–water partition coefficient (Wildman–Crippen LogP) is 3.30. The molecule has 0 aromatic rings. The molecule has 6 N–H and O–H groups in total. The number of hydrogen-bond acceptors (Lipinski definition) is 7. The lowest BCUT2D eigenvalue weighted by molar-refractivity contribution is -0.143. The summed E-state index contributed by atoms with van der Waals surface area (Å²) in [5.41, 5.74) is 4.46. The average molecular weight is 670 g/mol. The lowest BCUT2D eigenvalue weighted by Crippen LogP contribution is -2.62. The molecule has 3 atom stereocenters. The highest BCUT2D eigenvalue weighted by molar-refractivity contribution is 6.37. The van der Waals surface area contributed by atoms with E-state index in [1.54, 1.807) is 27.8 Å². The molecule has 13 nitrogen and oxygen atoms in total. The van der Waals surface area contributed by atoms with Crippen LogP contribution in [0.15, 0.2) is 0 Å². The van der Waals surface area contributed by atoms with E-state index in [1.165, 1.54) is 16.2 Å². The first kappa shape index (κ1) is 45.9. The Hall–Kier alpha value is -3.22. The van der Waals surface area contributed by atoms with Gasteiger partial charge in [0.2, 0.25) is 17.7 Å². The van der Waals surface area contributed by atoms with Gasteiger partial charge >= 0.3 is 6.03 Å². The standard InChI is InChI=1S/C25H43N7O6.C4H10.C3H8.C2H6/c1-14(2)31(6)17(33)13-27-24(38)29-19(25(3,4)5)23(37)32-12-8-11-16(32)22(36)30-21(18(34)20(26)35)28-15-9-7-10-15;1-4(2)3;1-3-2;1-2/h14-16,19,21,28H,7-13H2,1-6H3,(H2,26,35)(H,30,36)(H2,27,29,38);4H,1-3H3;3H2,1-2H3;1-2H3. The van der Waals surface area contributed by atoms with Crippen LogP contribution in [0.25, 0.3) is 0 Å². The maximum absolute atomic E-state index is 13.6. The number of urea groups is 1. The summed E-state index contributed by atoms with van der Waals surface area (Å²) in [6.07, 6.45) is 3.49. The van der Waals surface area contributed by atoms with E-state index in [0.29, 0.717) is 12.8 Å². The minimum absolute atomic E-state index is 0.00916. The molecule has 2 aliphatic rings. The van der Waals surface area contributed by atoms with Crippen molar-refractivity contribution in [2.45, 2.75) is 152 Å². The van der Waals surface area contributed by atoms with Crippen molar-refractivity contribution in [3.8, 4) is 0 Å². The van der Waals surface area contributed by atoms with Crippen LogP contribution in [0, 0.1) is 11.3 Å². The summed E-state index contributed by atoms with van der Waals surface area (Å²) in [6.45, 7) is 23.8. The third-order valence-corrected chi connectivity index (χ3v) is 7.09. The Labute approximate surface area is 284 Å². The van der Waals surface area contributed by atoms with Crippen molar-refractivity contribution in [1.82, 2.24) is 31.1 Å². The highest BCUT2D eigenvalue weighted by Crippen LogP contribution is 2.26. The molecule has 0 bridgehead atoms. The fourth-order valence-corrected chi connectivity index (χ4v) is 4.24. The van der Waals surface area contributed by atoms with E-state index in [-0.39, 0.29) is 31.1 Å². The molecule has 1 saturated carbocycles. The second-order valence-electron chi connectivity index (χ2n) is 13.8. The van der Waals surface area contributed by atoms with Crippen molar-refractivity contribution >= 4 is 35.4 Å². The molecule has 13 heteroatoms. The smallest absolute Gasteiger partial charge is 0.315 e. The molecule has 0 aromatic carbocycles. The number of carbonyl (C=O) groups is 6. The molecule has 2 fully saturated rings. The molecule has 6 amide bonds. The molecule has 0 radical (unpaired) electrons. The van der Waals surface area contributed by atoms with Crippen LogP contribution in [0.1, 0.15) is 122 Å². The summed E-state index contributed by atoms with van der Waals surface area (Å²) in [7, 11) is 1.63. The molecule has 1 heterocycles. The first-order chi connectivity index (χ1) is 21.8. The van der Waals surface area contributed by atoms with Gasteiger partial charge in [0.25, 0.3) is 11.7 Å². The molecule has 2 rings (SSSR count). The Morgan fingerprint density at radius 2 is 1.40 bits per heavy atom. The van der Waals surface area contributed by atoms with Gasteiger partial charge in [-0.2, -0.15) is 0 Å². The molecule has 3 unspecified atom stereocenters. The largest absolute Gasteiger partial charge is 0.363 e. The van der Waals surface area contributed by atoms with Gasteiger partial charge in [-0.15, -0.1) is 0 Å². The monoisotopic (exact) mass is 670 g/mol. The van der Waals surface area contributed by atoms with Gasteiger partial charge < -0.3 is 31.5 Å². The third-order valence-electron chi connectivity index (χ3n) is 7.09. The zero-order valence-electron chi connectivity index (χ0n) is 31.5. The molecule has 1 aliphatic carbocycles. The van der Waals surface area contributed by atoms with Crippen molar-refractivity contribution in [3.63, 3.8) is 0 Å². The van der Waals surface area contributed by atoms with E-state index < -0.39 is 53.2 Å². The van der Waals surface area contributed by atoms with Crippen LogP contribution in [0.2, 0.25) is 0 Å². The van der Waals surface area contributed by atoms with Crippen molar-refractivity contribution in [2.24, 2.45) is 17.1 Å².